The Bertz CT molecular complexity index is 122. The van der Waals surface area contributed by atoms with Crippen LogP contribution in [0.4, 0.5) is 0 Å². The molecule has 4 heteroatoms. The number of hydrogen-bond donors (Lipinski definition) is 0. The van der Waals surface area contributed by atoms with E-state index in [9.17, 15) is 4.79 Å². The lowest BCUT2D eigenvalue weighted by Crippen LogP contribution is -2.06. The van der Waals surface area contributed by atoms with Crippen molar-refractivity contribution in [1.29, 1.82) is 0 Å². The summed E-state index contributed by atoms with van der Waals surface area (Å²) in [6.45, 7) is 0. The van der Waals surface area contributed by atoms with Crippen LogP contribution in [0.3, 0.4) is 0 Å². The summed E-state index contributed by atoms with van der Waals surface area (Å²) < 4.78 is 1.30. The van der Waals surface area contributed by atoms with Crippen molar-refractivity contribution in [3.63, 3.8) is 0 Å². The van der Waals surface area contributed by atoms with Gasteiger partial charge in [0.25, 0.3) is 5.91 Å². The zero-order valence-electron chi connectivity index (χ0n) is 3.47. The molecule has 1 aliphatic heterocycles. The molecule has 0 aromatic carbocycles. The van der Waals surface area contributed by atoms with E-state index >= 15 is 0 Å². The van der Waals surface area contributed by atoms with Gasteiger partial charge in [0.05, 0.1) is 29.3 Å². The molecule has 0 atom stereocenters. The lowest BCUT2D eigenvalue weighted by Gasteiger charge is -1.94. The van der Waals surface area contributed by atoms with Crippen LogP contribution in [0.1, 0.15) is 6.42 Å². The highest BCUT2D eigenvalue weighted by atomic mass is 127. The Labute approximate surface area is 54.9 Å². The van der Waals surface area contributed by atoms with Gasteiger partial charge in [0.1, 0.15) is 0 Å². The van der Waals surface area contributed by atoms with E-state index in [-0.39, 0.29) is 5.91 Å². The van der Waals surface area contributed by atoms with Gasteiger partial charge in [-0.1, -0.05) is 0 Å². The average molecular weight is 210 g/mol. The van der Waals surface area contributed by atoms with Crippen molar-refractivity contribution in [1.82, 2.24) is 3.22 Å². The molecule has 0 aliphatic carbocycles. The lowest BCUT2D eigenvalue weighted by molar-refractivity contribution is -0.122. The highest BCUT2D eigenvalue weighted by Gasteiger charge is 2.11. The summed E-state index contributed by atoms with van der Waals surface area (Å²) in [7, 11) is 0. The quantitative estimate of drug-likeness (QED) is 0.424. The van der Waals surface area contributed by atoms with Gasteiger partial charge in [0.15, 0.2) is 0 Å². The fourth-order valence-corrected chi connectivity index (χ4v) is 0.703. The number of halogens is 1. The number of rotatable bonds is 0. The third kappa shape index (κ3) is 0.902. The van der Waals surface area contributed by atoms with E-state index in [0.29, 0.717) is 6.42 Å². The van der Waals surface area contributed by atoms with Crippen molar-refractivity contribution < 1.29 is 4.79 Å². The molecule has 38 valence electrons. The average Bonchev–Trinajstić information content (AvgIpc) is 1.91. The number of carbonyl (C=O) groups is 1. The molecule has 0 unspecified atom stereocenters. The number of amides is 1. The highest BCUT2D eigenvalue weighted by Crippen LogP contribution is 2.06. The maximum Gasteiger partial charge on any atom is 0.257 e. The van der Waals surface area contributed by atoms with Crippen LogP contribution in [-0.2, 0) is 4.79 Å². The lowest BCUT2D eigenvalue weighted by atomic mass is 10.5. The maximum atomic E-state index is 10.4. The van der Waals surface area contributed by atoms with Gasteiger partial charge < -0.3 is 0 Å². The molecule has 0 saturated heterocycles. The second-order valence-electron chi connectivity index (χ2n) is 1.16. The van der Waals surface area contributed by atoms with Crippen LogP contribution in [0.15, 0.2) is 5.10 Å². The van der Waals surface area contributed by atoms with Crippen molar-refractivity contribution in [3.05, 3.63) is 0 Å². The van der Waals surface area contributed by atoms with E-state index in [2.05, 4.69) is 5.10 Å². The fraction of sp³-hybridized carbons (Fsp3) is 0.333. The molecule has 0 N–H and O–H groups in total. The first-order valence-electron chi connectivity index (χ1n) is 1.82. The van der Waals surface area contributed by atoms with E-state index in [1.54, 1.807) is 6.21 Å². The molecule has 0 aromatic heterocycles. The Kier molecular flexibility index (Phi) is 1.27. The molecule has 0 radical (unpaired) electrons. The van der Waals surface area contributed by atoms with Gasteiger partial charge in [-0.15, -0.1) is 0 Å². The number of hydrazone groups is 1. The molecule has 0 fully saturated rings. The van der Waals surface area contributed by atoms with Crippen LogP contribution >= 0.6 is 22.9 Å². The summed E-state index contributed by atoms with van der Waals surface area (Å²) in [6, 6.07) is 0. The molecule has 0 spiro atoms. The number of hydrogen-bond acceptors (Lipinski definition) is 2. The van der Waals surface area contributed by atoms with Crippen LogP contribution in [0.25, 0.3) is 0 Å². The zero-order chi connectivity index (χ0) is 5.28. The van der Waals surface area contributed by atoms with Gasteiger partial charge in [-0.25, -0.2) is 0 Å². The minimum atomic E-state index is 0.0561. The predicted octanol–water partition coefficient (Wildman–Crippen LogP) is 0.555. The predicted molar refractivity (Wildman–Crippen MR) is 34.0 cm³/mol. The molecule has 0 bridgehead atoms. The second kappa shape index (κ2) is 1.77. The van der Waals surface area contributed by atoms with Crippen LogP contribution in [0.5, 0.6) is 0 Å². The smallest absolute Gasteiger partial charge is 0.257 e. The van der Waals surface area contributed by atoms with Gasteiger partial charge in [0, 0.05) is 6.21 Å². The Hall–Kier alpha value is -0.130. The second-order valence-corrected chi connectivity index (χ2v) is 2.07. The van der Waals surface area contributed by atoms with E-state index < -0.39 is 0 Å². The van der Waals surface area contributed by atoms with Gasteiger partial charge in [0.2, 0.25) is 0 Å². The maximum absolute atomic E-state index is 10.4. The Morgan fingerprint density at radius 1 is 2.00 bits per heavy atom. The van der Waals surface area contributed by atoms with E-state index in [1.807, 2.05) is 22.9 Å². The fourth-order valence-electron chi connectivity index (χ4n) is 0.330. The first-order chi connectivity index (χ1) is 3.30. The largest absolute Gasteiger partial charge is 0.272 e. The first kappa shape index (κ1) is 5.02. The van der Waals surface area contributed by atoms with Crippen molar-refractivity contribution >= 4 is 35.0 Å². The van der Waals surface area contributed by atoms with E-state index in [0.717, 1.165) is 0 Å². The van der Waals surface area contributed by atoms with Crippen molar-refractivity contribution in [2.75, 3.05) is 0 Å². The molecule has 3 nitrogen and oxygen atoms in total. The summed E-state index contributed by atoms with van der Waals surface area (Å²) >= 11 is 1.84. The van der Waals surface area contributed by atoms with E-state index in [4.69, 9.17) is 0 Å². The summed E-state index contributed by atoms with van der Waals surface area (Å²) in [6.07, 6.45) is 2.05. The summed E-state index contributed by atoms with van der Waals surface area (Å²) in [4.78, 5) is 10.4. The summed E-state index contributed by atoms with van der Waals surface area (Å²) in [5.74, 6) is 0.0561. The monoisotopic (exact) mass is 210 g/mol. The van der Waals surface area contributed by atoms with Crippen LogP contribution in [-0.4, -0.2) is 15.3 Å². The number of nitrogens with zero attached hydrogens (tertiary/aromatic N) is 2. The first-order valence-corrected chi connectivity index (χ1v) is 2.78. The molecule has 7 heavy (non-hydrogen) atoms. The Balaban J connectivity index is 2.62. The minimum absolute atomic E-state index is 0.0561. The van der Waals surface area contributed by atoms with Gasteiger partial charge in [-0.2, -0.15) is 8.32 Å². The number of carbonyl (C=O) groups excluding carboxylic acids is 1. The van der Waals surface area contributed by atoms with Gasteiger partial charge >= 0.3 is 0 Å². The van der Waals surface area contributed by atoms with Gasteiger partial charge in [-0.3, -0.25) is 4.79 Å². The molecule has 1 heterocycles. The molecule has 1 aliphatic rings. The third-order valence-corrected chi connectivity index (χ3v) is 1.44. The molecule has 1 amide bonds. The Morgan fingerprint density at radius 2 is 2.71 bits per heavy atom. The topological polar surface area (TPSA) is 32.7 Å². The molecule has 1 rings (SSSR count). The minimum Gasteiger partial charge on any atom is -0.272 e. The van der Waals surface area contributed by atoms with Crippen LogP contribution in [0.2, 0.25) is 0 Å². The summed E-state index contributed by atoms with van der Waals surface area (Å²) in [5, 5.41) is 3.66. The zero-order valence-corrected chi connectivity index (χ0v) is 5.62. The summed E-state index contributed by atoms with van der Waals surface area (Å²) in [5.41, 5.74) is 0. The molecule has 0 saturated carbocycles. The van der Waals surface area contributed by atoms with Gasteiger partial charge in [-0.05, 0) is 0 Å². The molecular formula is C3H3IN2O. The third-order valence-electron chi connectivity index (χ3n) is 0.655. The normalized spacial score (nSPS) is 19.0. The SMILES string of the molecule is O=C1CC=NN1I. The van der Waals surface area contributed by atoms with E-state index in [1.165, 1.54) is 3.22 Å². The molecular weight excluding hydrogens is 207 g/mol. The van der Waals surface area contributed by atoms with Crippen LogP contribution in [0, 0.1) is 0 Å². The molecule has 0 aromatic rings. The van der Waals surface area contributed by atoms with Crippen molar-refractivity contribution in [3.8, 4) is 0 Å². The van der Waals surface area contributed by atoms with Crippen molar-refractivity contribution in [2.45, 2.75) is 6.42 Å². The standard InChI is InChI=1S/C3H3IN2O/c4-6-3(7)1-2-5-6/h2H,1H2. The van der Waals surface area contributed by atoms with Crippen LogP contribution < -0.4 is 0 Å². The Morgan fingerprint density at radius 3 is 2.86 bits per heavy atom. The highest BCUT2D eigenvalue weighted by molar-refractivity contribution is 14.1. The van der Waals surface area contributed by atoms with Crippen molar-refractivity contribution in [2.24, 2.45) is 5.10 Å².